The fourth-order valence-electron chi connectivity index (χ4n) is 3.57. The molecule has 0 radical (unpaired) electrons. The van der Waals surface area contributed by atoms with Crippen LogP contribution < -0.4 is 0 Å². The van der Waals surface area contributed by atoms with E-state index in [1.807, 2.05) is 24.3 Å². The fraction of sp³-hybridized carbons (Fsp3) is 0.273. The Kier molecular flexibility index (Phi) is 5.88. The van der Waals surface area contributed by atoms with Crippen molar-refractivity contribution in [3.63, 3.8) is 0 Å². The van der Waals surface area contributed by atoms with Crippen molar-refractivity contribution in [2.75, 3.05) is 6.54 Å². The zero-order chi connectivity index (χ0) is 22.2. The molecule has 0 amide bonds. The van der Waals surface area contributed by atoms with Gasteiger partial charge in [0.05, 0.1) is 26.7 Å². The molecule has 0 saturated heterocycles. The van der Waals surface area contributed by atoms with E-state index in [0.717, 1.165) is 11.1 Å². The Bertz CT molecular complexity index is 1230. The van der Waals surface area contributed by atoms with Crippen LogP contribution >= 0.6 is 11.6 Å². The lowest BCUT2D eigenvalue weighted by molar-refractivity contribution is 0.0470. The lowest BCUT2D eigenvalue weighted by Crippen LogP contribution is -2.36. The molecule has 7 nitrogen and oxygen atoms in total. The van der Waals surface area contributed by atoms with Crippen LogP contribution in [-0.2, 0) is 34.3 Å². The molecule has 1 aromatic heterocycles. The Morgan fingerprint density at radius 3 is 2.65 bits per heavy atom. The van der Waals surface area contributed by atoms with Gasteiger partial charge in [-0.1, -0.05) is 41.0 Å². The van der Waals surface area contributed by atoms with E-state index in [1.165, 1.54) is 22.5 Å². The van der Waals surface area contributed by atoms with Gasteiger partial charge in [0.15, 0.2) is 0 Å². The SMILES string of the molecule is Cc1noc(C)c1COC(=O)c1cc(S(=O)(=O)N2CCc3ccccc3C2)ccc1Cl. The van der Waals surface area contributed by atoms with Crippen LogP contribution in [0.25, 0.3) is 0 Å². The second-order valence-electron chi connectivity index (χ2n) is 7.38. The number of hydrogen-bond acceptors (Lipinski definition) is 6. The first-order valence-corrected chi connectivity index (χ1v) is 11.5. The van der Waals surface area contributed by atoms with Gasteiger partial charge in [-0.25, -0.2) is 13.2 Å². The van der Waals surface area contributed by atoms with Gasteiger partial charge in [0.25, 0.3) is 0 Å². The van der Waals surface area contributed by atoms with E-state index in [4.69, 9.17) is 20.9 Å². The first-order valence-electron chi connectivity index (χ1n) is 9.72. The molecule has 1 aliphatic rings. The minimum absolute atomic E-state index is 0.000528. The summed E-state index contributed by atoms with van der Waals surface area (Å²) in [6.45, 7) is 4.08. The number of benzene rings is 2. The maximum Gasteiger partial charge on any atom is 0.340 e. The van der Waals surface area contributed by atoms with E-state index in [9.17, 15) is 13.2 Å². The molecule has 0 bridgehead atoms. The smallest absolute Gasteiger partial charge is 0.340 e. The standard InChI is InChI=1S/C22H21ClN2O5S/c1-14-20(15(2)30-24-14)13-29-22(26)19-11-18(7-8-21(19)23)31(27,28)25-10-9-16-5-3-4-6-17(16)12-25/h3-8,11H,9-10,12-13H2,1-2H3. The highest BCUT2D eigenvalue weighted by atomic mass is 35.5. The maximum absolute atomic E-state index is 13.2. The largest absolute Gasteiger partial charge is 0.457 e. The van der Waals surface area contributed by atoms with Gasteiger partial charge in [0.1, 0.15) is 12.4 Å². The number of hydrogen-bond donors (Lipinski definition) is 0. The van der Waals surface area contributed by atoms with E-state index < -0.39 is 16.0 Å². The van der Waals surface area contributed by atoms with Gasteiger partial charge >= 0.3 is 5.97 Å². The number of carbonyl (C=O) groups excluding carboxylic acids is 1. The van der Waals surface area contributed by atoms with Crippen LogP contribution in [0.15, 0.2) is 51.9 Å². The number of sulfonamides is 1. The number of carbonyl (C=O) groups is 1. The van der Waals surface area contributed by atoms with Crippen molar-refractivity contribution < 1.29 is 22.5 Å². The average molecular weight is 461 g/mol. The highest BCUT2D eigenvalue weighted by Gasteiger charge is 2.29. The topological polar surface area (TPSA) is 89.7 Å². The van der Waals surface area contributed by atoms with Crippen LogP contribution in [0.2, 0.25) is 5.02 Å². The molecular weight excluding hydrogens is 440 g/mol. The monoisotopic (exact) mass is 460 g/mol. The summed E-state index contributed by atoms with van der Waals surface area (Å²) in [4.78, 5) is 12.6. The highest BCUT2D eigenvalue weighted by Crippen LogP contribution is 2.28. The minimum Gasteiger partial charge on any atom is -0.457 e. The molecule has 31 heavy (non-hydrogen) atoms. The molecule has 0 unspecified atom stereocenters. The van der Waals surface area contributed by atoms with Crippen LogP contribution in [0, 0.1) is 13.8 Å². The Morgan fingerprint density at radius 2 is 1.94 bits per heavy atom. The number of nitrogens with zero attached hydrogens (tertiary/aromatic N) is 2. The minimum atomic E-state index is -3.81. The van der Waals surface area contributed by atoms with Crippen molar-refractivity contribution in [1.82, 2.24) is 9.46 Å². The van der Waals surface area contributed by atoms with Crippen molar-refractivity contribution in [2.24, 2.45) is 0 Å². The number of ether oxygens (including phenoxy) is 1. The third-order valence-electron chi connectivity index (χ3n) is 5.42. The molecule has 0 spiro atoms. The quantitative estimate of drug-likeness (QED) is 0.533. The summed E-state index contributed by atoms with van der Waals surface area (Å²) >= 11 is 6.18. The molecule has 9 heteroatoms. The van der Waals surface area contributed by atoms with E-state index in [-0.39, 0.29) is 28.6 Å². The number of aryl methyl sites for hydroxylation is 2. The van der Waals surface area contributed by atoms with Gasteiger partial charge in [0.2, 0.25) is 10.0 Å². The number of fused-ring (bicyclic) bond motifs is 1. The maximum atomic E-state index is 13.2. The number of halogens is 1. The van der Waals surface area contributed by atoms with Gasteiger partial charge < -0.3 is 9.26 Å². The van der Waals surface area contributed by atoms with Gasteiger partial charge in [-0.05, 0) is 49.6 Å². The van der Waals surface area contributed by atoms with Crippen molar-refractivity contribution in [1.29, 1.82) is 0 Å². The summed E-state index contributed by atoms with van der Waals surface area (Å²) in [5.74, 6) is -0.163. The summed E-state index contributed by atoms with van der Waals surface area (Å²) < 4.78 is 38.3. The van der Waals surface area contributed by atoms with Gasteiger partial charge in [-0.3, -0.25) is 0 Å². The van der Waals surface area contributed by atoms with Crippen molar-refractivity contribution in [3.8, 4) is 0 Å². The highest BCUT2D eigenvalue weighted by molar-refractivity contribution is 7.89. The van der Waals surface area contributed by atoms with Gasteiger partial charge in [-0.2, -0.15) is 4.31 Å². The van der Waals surface area contributed by atoms with Crippen LogP contribution in [0.3, 0.4) is 0 Å². The van der Waals surface area contributed by atoms with Crippen LogP contribution in [-0.4, -0.2) is 30.4 Å². The van der Waals surface area contributed by atoms with Crippen LogP contribution in [0.5, 0.6) is 0 Å². The van der Waals surface area contributed by atoms with E-state index >= 15 is 0 Å². The second-order valence-corrected chi connectivity index (χ2v) is 9.72. The summed E-state index contributed by atoms with van der Waals surface area (Å²) in [5.41, 5.74) is 3.41. The van der Waals surface area contributed by atoms with E-state index in [0.29, 0.717) is 30.0 Å². The Labute approximate surface area is 185 Å². The van der Waals surface area contributed by atoms with E-state index in [1.54, 1.807) is 13.8 Å². The molecule has 2 heterocycles. The van der Waals surface area contributed by atoms with Crippen LogP contribution in [0.1, 0.15) is 38.5 Å². The summed E-state index contributed by atoms with van der Waals surface area (Å²) in [5, 5.41) is 3.94. The fourth-order valence-corrected chi connectivity index (χ4v) is 5.21. The predicted octanol–water partition coefficient (Wildman–Crippen LogP) is 4.05. The molecule has 0 atom stereocenters. The third kappa shape index (κ3) is 4.23. The number of aromatic nitrogens is 1. The first-order chi connectivity index (χ1) is 14.8. The molecule has 0 N–H and O–H groups in total. The lowest BCUT2D eigenvalue weighted by Gasteiger charge is -2.28. The summed E-state index contributed by atoms with van der Waals surface area (Å²) in [6.07, 6.45) is 0.634. The third-order valence-corrected chi connectivity index (χ3v) is 7.59. The second kappa shape index (κ2) is 8.45. The van der Waals surface area contributed by atoms with Crippen molar-refractivity contribution in [3.05, 3.63) is 81.2 Å². The molecule has 3 aromatic rings. The first kappa shape index (κ1) is 21.5. The zero-order valence-corrected chi connectivity index (χ0v) is 18.7. The van der Waals surface area contributed by atoms with Crippen molar-refractivity contribution >= 4 is 27.6 Å². The zero-order valence-electron chi connectivity index (χ0n) is 17.1. The number of rotatable bonds is 5. The van der Waals surface area contributed by atoms with Gasteiger partial charge in [0, 0.05) is 13.1 Å². The summed E-state index contributed by atoms with van der Waals surface area (Å²) in [6, 6.07) is 11.9. The molecule has 0 saturated carbocycles. The molecule has 0 fully saturated rings. The Balaban J connectivity index is 1.56. The molecule has 162 valence electrons. The van der Waals surface area contributed by atoms with Crippen LogP contribution in [0.4, 0.5) is 0 Å². The molecular formula is C22H21ClN2O5S. The average Bonchev–Trinajstić information content (AvgIpc) is 3.09. The molecule has 1 aliphatic heterocycles. The molecule has 2 aromatic carbocycles. The lowest BCUT2D eigenvalue weighted by atomic mass is 10.0. The predicted molar refractivity (Wildman–Crippen MR) is 114 cm³/mol. The number of esters is 1. The normalized spacial score (nSPS) is 14.3. The van der Waals surface area contributed by atoms with Crippen molar-refractivity contribution in [2.45, 2.75) is 38.3 Å². The van der Waals surface area contributed by atoms with Gasteiger partial charge in [-0.15, -0.1) is 0 Å². The Morgan fingerprint density at radius 1 is 1.19 bits per heavy atom. The summed E-state index contributed by atoms with van der Waals surface area (Å²) in [7, 11) is -3.81. The Hall–Kier alpha value is -2.68. The molecule has 4 rings (SSSR count). The molecule has 0 aliphatic carbocycles. The van der Waals surface area contributed by atoms with E-state index in [2.05, 4.69) is 5.16 Å².